The van der Waals surface area contributed by atoms with Crippen molar-refractivity contribution in [1.82, 2.24) is 4.72 Å². The normalized spacial score (nSPS) is 12.1. The summed E-state index contributed by atoms with van der Waals surface area (Å²) in [6.07, 6.45) is 0. The van der Waals surface area contributed by atoms with Gasteiger partial charge >= 0.3 is 6.61 Å². The third-order valence-electron chi connectivity index (χ3n) is 2.25. The van der Waals surface area contributed by atoms with Crippen molar-refractivity contribution in [3.63, 3.8) is 0 Å². The number of benzene rings is 1. The van der Waals surface area contributed by atoms with Crippen LogP contribution in [0.3, 0.4) is 0 Å². The van der Waals surface area contributed by atoms with Crippen LogP contribution in [0.1, 0.15) is 0 Å². The third kappa shape index (κ3) is 4.71. The number of alkyl halides is 2. The smallest absolute Gasteiger partial charge is 0.387 e. The minimum absolute atomic E-state index is 0.0578. The number of ether oxygens (including phenoxy) is 1. The Balaban J connectivity index is 2.84. The number of sulfonamides is 1. The molecular weight excluding hydrogens is 280 g/mol. The number of rotatable bonds is 7. The van der Waals surface area contributed by atoms with E-state index >= 15 is 0 Å². The topological polar surface area (TPSA) is 107 Å². The molecule has 0 atom stereocenters. The highest BCUT2D eigenvalue weighted by Crippen LogP contribution is 2.17. The van der Waals surface area contributed by atoms with Gasteiger partial charge in [-0.15, -0.1) is 0 Å². The van der Waals surface area contributed by atoms with Gasteiger partial charge in [-0.05, 0) is 24.3 Å². The summed E-state index contributed by atoms with van der Waals surface area (Å²) in [4.78, 5) is -0.0824. The van der Waals surface area contributed by atoms with E-state index in [9.17, 15) is 17.2 Å². The molecular formula is C10H15F2N3O3S. The zero-order valence-corrected chi connectivity index (χ0v) is 10.7. The molecule has 0 radical (unpaired) electrons. The lowest BCUT2D eigenvalue weighted by atomic mass is 10.3. The van der Waals surface area contributed by atoms with E-state index in [4.69, 9.17) is 11.5 Å². The summed E-state index contributed by atoms with van der Waals surface area (Å²) in [5, 5.41) is 0. The van der Waals surface area contributed by atoms with E-state index < -0.39 is 22.7 Å². The Morgan fingerprint density at radius 2 is 1.68 bits per heavy atom. The SMILES string of the molecule is NCC(CN)NS(=O)(=O)c1ccc(OC(F)F)cc1. The fourth-order valence-electron chi connectivity index (χ4n) is 1.28. The molecule has 5 N–H and O–H groups in total. The van der Waals surface area contributed by atoms with E-state index in [1.165, 1.54) is 0 Å². The van der Waals surface area contributed by atoms with Crippen molar-refractivity contribution in [1.29, 1.82) is 0 Å². The average molecular weight is 295 g/mol. The van der Waals surface area contributed by atoms with Crippen molar-refractivity contribution in [3.05, 3.63) is 24.3 Å². The maximum atomic E-state index is 11.9. The Kier molecular flexibility index (Phi) is 5.60. The van der Waals surface area contributed by atoms with Crippen molar-refractivity contribution in [2.75, 3.05) is 13.1 Å². The highest BCUT2D eigenvalue weighted by Gasteiger charge is 2.18. The van der Waals surface area contributed by atoms with Crippen molar-refractivity contribution in [2.24, 2.45) is 11.5 Å². The Bertz CT molecular complexity index is 489. The maximum Gasteiger partial charge on any atom is 0.387 e. The molecule has 0 aliphatic heterocycles. The molecule has 9 heteroatoms. The second-order valence-corrected chi connectivity index (χ2v) is 5.35. The molecule has 0 saturated heterocycles. The maximum absolute atomic E-state index is 11.9. The van der Waals surface area contributed by atoms with Gasteiger partial charge in [0.25, 0.3) is 0 Å². The second kappa shape index (κ2) is 6.75. The number of hydrogen-bond donors (Lipinski definition) is 3. The lowest BCUT2D eigenvalue weighted by molar-refractivity contribution is -0.0498. The highest BCUT2D eigenvalue weighted by molar-refractivity contribution is 7.89. The van der Waals surface area contributed by atoms with Crippen LogP contribution < -0.4 is 20.9 Å². The highest BCUT2D eigenvalue weighted by atomic mass is 32.2. The molecule has 0 heterocycles. The first-order valence-electron chi connectivity index (χ1n) is 5.36. The van der Waals surface area contributed by atoms with Gasteiger partial charge in [-0.2, -0.15) is 8.78 Å². The average Bonchev–Trinajstić information content (AvgIpc) is 2.36. The molecule has 0 spiro atoms. The van der Waals surface area contributed by atoms with Crippen LogP contribution >= 0.6 is 0 Å². The molecule has 0 fully saturated rings. The van der Waals surface area contributed by atoms with Crippen molar-refractivity contribution in [3.8, 4) is 5.75 Å². The van der Waals surface area contributed by atoms with Crippen LogP contribution in [0.25, 0.3) is 0 Å². The van der Waals surface area contributed by atoms with Gasteiger partial charge in [0.1, 0.15) is 5.75 Å². The molecule has 0 aliphatic carbocycles. The predicted octanol–water partition coefficient (Wildman–Crippen LogP) is -0.148. The van der Waals surface area contributed by atoms with E-state index in [-0.39, 0.29) is 23.7 Å². The molecule has 6 nitrogen and oxygen atoms in total. The van der Waals surface area contributed by atoms with Crippen LogP contribution in [0.4, 0.5) is 8.78 Å². The summed E-state index contributed by atoms with van der Waals surface area (Å²) >= 11 is 0. The van der Waals surface area contributed by atoms with Crippen LogP contribution in [-0.2, 0) is 10.0 Å². The first-order chi connectivity index (χ1) is 8.89. The van der Waals surface area contributed by atoms with Gasteiger partial charge in [0, 0.05) is 19.1 Å². The van der Waals surface area contributed by atoms with Gasteiger partial charge in [0.15, 0.2) is 0 Å². The number of hydrogen-bond acceptors (Lipinski definition) is 5. The van der Waals surface area contributed by atoms with Crippen LogP contribution in [0.5, 0.6) is 5.75 Å². The standard InChI is InChI=1S/C10H15F2N3O3S/c11-10(12)18-8-1-3-9(4-2-8)19(16,17)15-7(5-13)6-14/h1-4,7,10,15H,5-6,13-14H2. The largest absolute Gasteiger partial charge is 0.435 e. The summed E-state index contributed by atoms with van der Waals surface area (Å²) < 4.78 is 54.1. The van der Waals surface area contributed by atoms with E-state index in [1.54, 1.807) is 0 Å². The molecule has 108 valence electrons. The van der Waals surface area contributed by atoms with Crippen LogP contribution in [0.2, 0.25) is 0 Å². The van der Waals surface area contributed by atoms with Gasteiger partial charge in [-0.25, -0.2) is 13.1 Å². The minimum Gasteiger partial charge on any atom is -0.435 e. The van der Waals surface area contributed by atoms with Crippen molar-refractivity contribution in [2.45, 2.75) is 17.5 Å². The zero-order valence-electron chi connectivity index (χ0n) is 9.92. The summed E-state index contributed by atoms with van der Waals surface area (Å²) in [6.45, 7) is -2.84. The molecule has 1 aromatic carbocycles. The molecule has 0 bridgehead atoms. The first kappa shape index (κ1) is 15.8. The number of halogens is 2. The van der Waals surface area contributed by atoms with Crippen LogP contribution in [0, 0.1) is 0 Å². The monoisotopic (exact) mass is 295 g/mol. The van der Waals surface area contributed by atoms with Crippen molar-refractivity contribution >= 4 is 10.0 Å². The van der Waals surface area contributed by atoms with E-state index in [2.05, 4.69) is 9.46 Å². The second-order valence-electron chi connectivity index (χ2n) is 3.64. The molecule has 0 saturated carbocycles. The van der Waals surface area contributed by atoms with Gasteiger partial charge in [0.05, 0.1) is 4.90 Å². The molecule has 1 rings (SSSR count). The lowest BCUT2D eigenvalue weighted by Crippen LogP contribution is -2.44. The molecule has 0 amide bonds. The van der Waals surface area contributed by atoms with E-state index in [1.807, 2.05) is 0 Å². The quantitative estimate of drug-likeness (QED) is 0.648. The summed E-state index contributed by atoms with van der Waals surface area (Å²) in [6, 6.07) is 4.01. The first-order valence-corrected chi connectivity index (χ1v) is 6.84. The summed E-state index contributed by atoms with van der Waals surface area (Å²) in [5.74, 6) is -0.122. The van der Waals surface area contributed by atoms with Crippen LogP contribution in [-0.4, -0.2) is 34.2 Å². The van der Waals surface area contributed by atoms with E-state index in [0.717, 1.165) is 24.3 Å². The van der Waals surface area contributed by atoms with Crippen molar-refractivity contribution < 1.29 is 21.9 Å². The Hall–Kier alpha value is -1.29. The summed E-state index contributed by atoms with van der Waals surface area (Å²) in [7, 11) is -3.78. The zero-order chi connectivity index (χ0) is 14.5. The third-order valence-corrected chi connectivity index (χ3v) is 3.79. The Morgan fingerprint density at radius 3 is 2.11 bits per heavy atom. The van der Waals surface area contributed by atoms with Gasteiger partial charge in [0.2, 0.25) is 10.0 Å². The summed E-state index contributed by atoms with van der Waals surface area (Å²) in [5.41, 5.74) is 10.7. The van der Waals surface area contributed by atoms with E-state index in [0.29, 0.717) is 0 Å². The lowest BCUT2D eigenvalue weighted by Gasteiger charge is -2.15. The molecule has 0 unspecified atom stereocenters. The molecule has 19 heavy (non-hydrogen) atoms. The predicted molar refractivity (Wildman–Crippen MR) is 65.3 cm³/mol. The van der Waals surface area contributed by atoms with Gasteiger partial charge < -0.3 is 16.2 Å². The number of nitrogens with one attached hydrogen (secondary N) is 1. The van der Waals surface area contributed by atoms with Gasteiger partial charge in [-0.1, -0.05) is 0 Å². The number of nitrogens with two attached hydrogens (primary N) is 2. The molecule has 0 aromatic heterocycles. The Labute approximate surface area is 109 Å². The Morgan fingerprint density at radius 1 is 1.16 bits per heavy atom. The van der Waals surface area contributed by atoms with Gasteiger partial charge in [-0.3, -0.25) is 0 Å². The fourth-order valence-corrected chi connectivity index (χ4v) is 2.54. The minimum atomic E-state index is -3.78. The molecule has 1 aromatic rings. The molecule has 0 aliphatic rings. The fraction of sp³-hybridized carbons (Fsp3) is 0.400. The van der Waals surface area contributed by atoms with Crippen LogP contribution in [0.15, 0.2) is 29.2 Å².